The lowest BCUT2D eigenvalue weighted by Gasteiger charge is -2.31. The molecule has 2 saturated carbocycles. The number of amides is 1. The van der Waals surface area contributed by atoms with Crippen LogP contribution in [-0.4, -0.2) is 61.5 Å². The molecular formula is C16H31N3O. The van der Waals surface area contributed by atoms with Crippen molar-refractivity contribution in [2.24, 2.45) is 0 Å². The monoisotopic (exact) mass is 281 g/mol. The van der Waals surface area contributed by atoms with Crippen molar-refractivity contribution in [3.63, 3.8) is 0 Å². The van der Waals surface area contributed by atoms with Crippen molar-refractivity contribution in [2.45, 2.75) is 63.5 Å². The second-order valence-electron chi connectivity index (χ2n) is 6.54. The van der Waals surface area contributed by atoms with E-state index in [4.69, 9.17) is 0 Å². The van der Waals surface area contributed by atoms with Crippen LogP contribution in [0.15, 0.2) is 0 Å². The predicted octanol–water partition coefficient (Wildman–Crippen LogP) is 1.85. The van der Waals surface area contributed by atoms with Crippen LogP contribution in [0.1, 0.15) is 51.4 Å². The van der Waals surface area contributed by atoms with Crippen molar-refractivity contribution in [1.29, 1.82) is 0 Å². The van der Waals surface area contributed by atoms with Crippen LogP contribution in [0.4, 0.5) is 0 Å². The Morgan fingerprint density at radius 2 is 1.75 bits per heavy atom. The number of rotatable bonds is 8. The number of likely N-dealkylation sites (N-methyl/N-ethyl adjacent to an activating group) is 1. The average molecular weight is 281 g/mol. The summed E-state index contributed by atoms with van der Waals surface area (Å²) in [6.45, 7) is 2.59. The van der Waals surface area contributed by atoms with Crippen LogP contribution < -0.4 is 5.32 Å². The molecule has 2 aliphatic carbocycles. The molecule has 4 nitrogen and oxygen atoms in total. The Morgan fingerprint density at radius 1 is 1.05 bits per heavy atom. The largest absolute Gasteiger partial charge is 0.342 e. The second-order valence-corrected chi connectivity index (χ2v) is 6.54. The first-order valence-corrected chi connectivity index (χ1v) is 8.35. The number of nitrogens with zero attached hydrogens (tertiary/aromatic N) is 2. The molecule has 116 valence electrons. The summed E-state index contributed by atoms with van der Waals surface area (Å²) >= 11 is 0. The van der Waals surface area contributed by atoms with E-state index in [0.717, 1.165) is 25.6 Å². The molecule has 0 unspecified atom stereocenters. The highest BCUT2D eigenvalue weighted by atomic mass is 16.2. The maximum atomic E-state index is 11.8. The van der Waals surface area contributed by atoms with E-state index in [-0.39, 0.29) is 5.91 Å². The van der Waals surface area contributed by atoms with Gasteiger partial charge in [-0.25, -0.2) is 0 Å². The molecule has 0 aromatic carbocycles. The molecule has 2 fully saturated rings. The van der Waals surface area contributed by atoms with Gasteiger partial charge < -0.3 is 15.1 Å². The molecule has 0 aliphatic heterocycles. The highest BCUT2D eigenvalue weighted by Crippen LogP contribution is 2.25. The van der Waals surface area contributed by atoms with Gasteiger partial charge in [-0.2, -0.15) is 0 Å². The van der Waals surface area contributed by atoms with Crippen molar-refractivity contribution in [3.05, 3.63) is 0 Å². The number of hydrogen-bond donors (Lipinski definition) is 1. The minimum atomic E-state index is 0.244. The Bertz CT molecular complexity index is 298. The summed E-state index contributed by atoms with van der Waals surface area (Å²) in [5, 5.41) is 3.29. The molecule has 1 N–H and O–H groups in total. The van der Waals surface area contributed by atoms with Gasteiger partial charge in [0, 0.05) is 19.1 Å². The molecule has 2 aliphatic rings. The van der Waals surface area contributed by atoms with Crippen molar-refractivity contribution in [3.8, 4) is 0 Å². The van der Waals surface area contributed by atoms with E-state index in [0.29, 0.717) is 12.6 Å². The van der Waals surface area contributed by atoms with Crippen molar-refractivity contribution in [1.82, 2.24) is 15.1 Å². The third kappa shape index (κ3) is 5.06. The molecule has 0 aromatic rings. The fourth-order valence-corrected chi connectivity index (χ4v) is 3.14. The molecule has 20 heavy (non-hydrogen) atoms. The van der Waals surface area contributed by atoms with Crippen LogP contribution in [0.3, 0.4) is 0 Å². The topological polar surface area (TPSA) is 35.6 Å². The normalized spacial score (nSPS) is 20.4. The van der Waals surface area contributed by atoms with E-state index in [1.807, 2.05) is 11.9 Å². The molecule has 2 rings (SSSR count). The maximum absolute atomic E-state index is 11.8. The quantitative estimate of drug-likeness (QED) is 0.690. The van der Waals surface area contributed by atoms with Gasteiger partial charge in [0.15, 0.2) is 0 Å². The van der Waals surface area contributed by atoms with Gasteiger partial charge in [0.2, 0.25) is 5.91 Å². The summed E-state index contributed by atoms with van der Waals surface area (Å²) in [5.74, 6) is 0.244. The zero-order chi connectivity index (χ0) is 14.4. The first-order chi connectivity index (χ1) is 9.68. The standard InChI is InChI=1S/C16H31N3O/c1-18(14-7-4-3-5-8-14)12-6-11-17-13-16(20)19(2)15-9-10-15/h14-15,17H,3-13H2,1-2H3. The summed E-state index contributed by atoms with van der Waals surface area (Å²) in [5.41, 5.74) is 0. The minimum Gasteiger partial charge on any atom is -0.342 e. The lowest BCUT2D eigenvalue weighted by Crippen LogP contribution is -2.38. The Kier molecular flexibility index (Phi) is 6.30. The first-order valence-electron chi connectivity index (χ1n) is 8.35. The molecule has 1 amide bonds. The smallest absolute Gasteiger partial charge is 0.236 e. The van der Waals surface area contributed by atoms with E-state index in [2.05, 4.69) is 17.3 Å². The third-order valence-corrected chi connectivity index (χ3v) is 4.83. The molecular weight excluding hydrogens is 250 g/mol. The van der Waals surface area contributed by atoms with Crippen LogP contribution in [0.5, 0.6) is 0 Å². The molecule has 4 heteroatoms. The van der Waals surface area contributed by atoms with Crippen molar-refractivity contribution in [2.75, 3.05) is 33.7 Å². The number of hydrogen-bond acceptors (Lipinski definition) is 3. The van der Waals surface area contributed by atoms with Gasteiger partial charge in [0.25, 0.3) is 0 Å². The molecule has 0 spiro atoms. The molecule has 0 atom stereocenters. The lowest BCUT2D eigenvalue weighted by atomic mass is 9.94. The molecule has 0 radical (unpaired) electrons. The van der Waals surface area contributed by atoms with Gasteiger partial charge in [0.1, 0.15) is 0 Å². The van der Waals surface area contributed by atoms with Crippen LogP contribution in [0.25, 0.3) is 0 Å². The van der Waals surface area contributed by atoms with Gasteiger partial charge in [0.05, 0.1) is 6.54 Å². The summed E-state index contributed by atoms with van der Waals surface area (Å²) in [7, 11) is 4.18. The van der Waals surface area contributed by atoms with Crippen molar-refractivity contribution >= 4 is 5.91 Å². The van der Waals surface area contributed by atoms with Crippen LogP contribution in [-0.2, 0) is 4.79 Å². The Morgan fingerprint density at radius 3 is 2.40 bits per heavy atom. The van der Waals surface area contributed by atoms with Gasteiger partial charge in [-0.1, -0.05) is 19.3 Å². The Labute approximate surface area is 123 Å². The summed E-state index contributed by atoms with van der Waals surface area (Å²) < 4.78 is 0. The lowest BCUT2D eigenvalue weighted by molar-refractivity contribution is -0.129. The average Bonchev–Trinajstić information content (AvgIpc) is 3.31. The van der Waals surface area contributed by atoms with Crippen molar-refractivity contribution < 1.29 is 4.79 Å². The van der Waals surface area contributed by atoms with Crippen LogP contribution in [0.2, 0.25) is 0 Å². The fourth-order valence-electron chi connectivity index (χ4n) is 3.14. The van der Waals surface area contributed by atoms with Crippen LogP contribution in [0, 0.1) is 0 Å². The SMILES string of the molecule is CN(CCCNCC(=O)N(C)C1CC1)C1CCCCC1. The van der Waals surface area contributed by atoms with Gasteiger partial charge in [-0.15, -0.1) is 0 Å². The summed E-state index contributed by atoms with van der Waals surface area (Å²) in [4.78, 5) is 16.2. The maximum Gasteiger partial charge on any atom is 0.236 e. The Balaban J connectivity index is 1.49. The summed E-state index contributed by atoms with van der Waals surface area (Å²) in [6, 6.07) is 1.33. The molecule has 0 aromatic heterocycles. The number of nitrogens with one attached hydrogen (secondary N) is 1. The minimum absolute atomic E-state index is 0.244. The first kappa shape index (κ1) is 15.8. The highest BCUT2D eigenvalue weighted by Gasteiger charge is 2.28. The molecule has 0 saturated heterocycles. The van der Waals surface area contributed by atoms with E-state index < -0.39 is 0 Å². The highest BCUT2D eigenvalue weighted by molar-refractivity contribution is 5.78. The van der Waals surface area contributed by atoms with E-state index in [1.54, 1.807) is 0 Å². The summed E-state index contributed by atoms with van der Waals surface area (Å²) in [6.07, 6.45) is 10.5. The van der Waals surface area contributed by atoms with E-state index >= 15 is 0 Å². The fraction of sp³-hybridized carbons (Fsp3) is 0.938. The van der Waals surface area contributed by atoms with E-state index in [9.17, 15) is 4.79 Å². The Hall–Kier alpha value is -0.610. The van der Waals surface area contributed by atoms with Crippen LogP contribution >= 0.6 is 0 Å². The zero-order valence-corrected chi connectivity index (χ0v) is 13.2. The molecule has 0 heterocycles. The van der Waals surface area contributed by atoms with Gasteiger partial charge in [-0.3, -0.25) is 4.79 Å². The predicted molar refractivity (Wildman–Crippen MR) is 82.8 cm³/mol. The zero-order valence-electron chi connectivity index (χ0n) is 13.2. The second kappa shape index (κ2) is 7.99. The molecule has 0 bridgehead atoms. The third-order valence-electron chi connectivity index (χ3n) is 4.83. The van der Waals surface area contributed by atoms with Gasteiger partial charge >= 0.3 is 0 Å². The van der Waals surface area contributed by atoms with E-state index in [1.165, 1.54) is 44.9 Å². The number of carbonyl (C=O) groups excluding carboxylic acids is 1. The van der Waals surface area contributed by atoms with Gasteiger partial charge in [-0.05, 0) is 52.2 Å². The number of carbonyl (C=O) groups is 1.